The van der Waals surface area contributed by atoms with E-state index in [1.807, 2.05) is 0 Å². The molecule has 2 aliphatic carbocycles. The van der Waals surface area contributed by atoms with Crippen molar-refractivity contribution < 1.29 is 4.74 Å². The molecule has 16 heavy (non-hydrogen) atoms. The van der Waals surface area contributed by atoms with E-state index in [1.165, 1.54) is 51.4 Å². The van der Waals surface area contributed by atoms with Crippen LogP contribution in [0.4, 0.5) is 0 Å². The van der Waals surface area contributed by atoms with Gasteiger partial charge in [-0.15, -0.1) is 0 Å². The molecule has 1 N–H and O–H groups in total. The topological polar surface area (TPSA) is 21.3 Å². The first kappa shape index (κ1) is 11.0. The highest BCUT2D eigenvalue weighted by molar-refractivity contribution is 4.94. The SMILES string of the molecule is C1CCC([C@H](N[C@H]2CCOC2)C2CC2)CC1. The summed E-state index contributed by atoms with van der Waals surface area (Å²) < 4.78 is 5.48. The lowest BCUT2D eigenvalue weighted by molar-refractivity contribution is 0.177. The molecule has 92 valence electrons. The standard InChI is InChI=1S/C14H25NO/c1-2-4-11(5-3-1)14(12-6-7-12)15-13-8-9-16-10-13/h11-15H,1-10H2/t13-,14-/m0/s1. The van der Waals surface area contributed by atoms with E-state index in [0.717, 1.165) is 31.1 Å². The van der Waals surface area contributed by atoms with Gasteiger partial charge in [0.05, 0.1) is 6.61 Å². The van der Waals surface area contributed by atoms with Gasteiger partial charge in [0.15, 0.2) is 0 Å². The molecular formula is C14H25NO. The maximum absolute atomic E-state index is 5.48. The Morgan fingerprint density at radius 2 is 1.62 bits per heavy atom. The van der Waals surface area contributed by atoms with Crippen LogP contribution in [-0.4, -0.2) is 25.3 Å². The highest BCUT2D eigenvalue weighted by Crippen LogP contribution is 2.40. The molecule has 1 saturated heterocycles. The van der Waals surface area contributed by atoms with Crippen molar-refractivity contribution in [1.29, 1.82) is 0 Å². The summed E-state index contributed by atoms with van der Waals surface area (Å²) in [5.41, 5.74) is 0. The monoisotopic (exact) mass is 223 g/mol. The fourth-order valence-electron chi connectivity index (χ4n) is 3.54. The van der Waals surface area contributed by atoms with Crippen molar-refractivity contribution in [2.75, 3.05) is 13.2 Å². The molecule has 2 saturated carbocycles. The second-order valence-electron chi connectivity index (χ2n) is 5.99. The van der Waals surface area contributed by atoms with E-state index < -0.39 is 0 Å². The molecule has 0 aromatic carbocycles. The first-order valence-corrected chi connectivity index (χ1v) is 7.27. The number of hydrogen-bond donors (Lipinski definition) is 1. The van der Waals surface area contributed by atoms with E-state index in [1.54, 1.807) is 0 Å². The molecule has 0 aromatic rings. The van der Waals surface area contributed by atoms with Gasteiger partial charge in [0.25, 0.3) is 0 Å². The minimum atomic E-state index is 0.660. The minimum Gasteiger partial charge on any atom is -0.380 e. The predicted molar refractivity (Wildman–Crippen MR) is 65.4 cm³/mol. The van der Waals surface area contributed by atoms with Gasteiger partial charge in [-0.1, -0.05) is 19.3 Å². The van der Waals surface area contributed by atoms with Gasteiger partial charge in [-0.2, -0.15) is 0 Å². The molecule has 2 nitrogen and oxygen atoms in total. The third-order valence-electron chi connectivity index (χ3n) is 4.65. The molecule has 0 bridgehead atoms. The van der Waals surface area contributed by atoms with E-state index in [4.69, 9.17) is 4.74 Å². The van der Waals surface area contributed by atoms with Crippen molar-refractivity contribution in [3.63, 3.8) is 0 Å². The largest absolute Gasteiger partial charge is 0.380 e. The lowest BCUT2D eigenvalue weighted by Crippen LogP contribution is -2.45. The van der Waals surface area contributed by atoms with E-state index in [0.29, 0.717) is 6.04 Å². The van der Waals surface area contributed by atoms with Gasteiger partial charge in [-0.05, 0) is 43.9 Å². The first-order chi connectivity index (χ1) is 7.93. The molecule has 3 rings (SSSR count). The third kappa shape index (κ3) is 2.60. The Balaban J connectivity index is 1.56. The minimum absolute atomic E-state index is 0.660. The van der Waals surface area contributed by atoms with Crippen molar-refractivity contribution >= 4 is 0 Å². The molecule has 0 aromatic heterocycles. The summed E-state index contributed by atoms with van der Waals surface area (Å²) >= 11 is 0. The van der Waals surface area contributed by atoms with Crippen LogP contribution in [0.3, 0.4) is 0 Å². The molecular weight excluding hydrogens is 198 g/mol. The average molecular weight is 223 g/mol. The zero-order valence-electron chi connectivity index (χ0n) is 10.3. The van der Waals surface area contributed by atoms with Gasteiger partial charge in [0, 0.05) is 18.7 Å². The fourth-order valence-corrected chi connectivity index (χ4v) is 3.54. The van der Waals surface area contributed by atoms with Crippen LogP contribution >= 0.6 is 0 Å². The molecule has 3 fully saturated rings. The Bertz CT molecular complexity index is 215. The van der Waals surface area contributed by atoms with Crippen molar-refractivity contribution in [2.24, 2.45) is 11.8 Å². The van der Waals surface area contributed by atoms with Crippen LogP contribution < -0.4 is 5.32 Å². The Hall–Kier alpha value is -0.0800. The maximum atomic E-state index is 5.48. The Morgan fingerprint density at radius 1 is 0.875 bits per heavy atom. The van der Waals surface area contributed by atoms with Gasteiger partial charge in [-0.25, -0.2) is 0 Å². The lowest BCUT2D eigenvalue weighted by atomic mass is 9.81. The third-order valence-corrected chi connectivity index (χ3v) is 4.65. The van der Waals surface area contributed by atoms with Crippen LogP contribution in [0.25, 0.3) is 0 Å². The molecule has 0 unspecified atom stereocenters. The normalized spacial score (nSPS) is 34.1. The van der Waals surface area contributed by atoms with Crippen LogP contribution in [-0.2, 0) is 4.74 Å². The second-order valence-corrected chi connectivity index (χ2v) is 5.99. The molecule has 3 aliphatic rings. The number of rotatable bonds is 4. The van der Waals surface area contributed by atoms with Gasteiger partial charge in [0.2, 0.25) is 0 Å². The molecule has 2 atom stereocenters. The number of hydrogen-bond acceptors (Lipinski definition) is 2. The Kier molecular flexibility index (Phi) is 3.49. The van der Waals surface area contributed by atoms with Crippen molar-refractivity contribution in [2.45, 2.75) is 63.5 Å². The summed E-state index contributed by atoms with van der Waals surface area (Å²) in [5, 5.41) is 3.92. The summed E-state index contributed by atoms with van der Waals surface area (Å²) in [4.78, 5) is 0. The van der Waals surface area contributed by atoms with Crippen LogP contribution in [0.15, 0.2) is 0 Å². The number of ether oxygens (including phenoxy) is 1. The van der Waals surface area contributed by atoms with Gasteiger partial charge < -0.3 is 10.1 Å². The van der Waals surface area contributed by atoms with Crippen molar-refractivity contribution in [3.8, 4) is 0 Å². The van der Waals surface area contributed by atoms with E-state index in [2.05, 4.69) is 5.32 Å². The summed E-state index contributed by atoms with van der Waals surface area (Å²) in [5.74, 6) is 1.98. The van der Waals surface area contributed by atoms with Crippen LogP contribution in [0, 0.1) is 11.8 Å². The average Bonchev–Trinajstić information content (AvgIpc) is 3.05. The van der Waals surface area contributed by atoms with Crippen molar-refractivity contribution in [1.82, 2.24) is 5.32 Å². The van der Waals surface area contributed by atoms with Crippen LogP contribution in [0.2, 0.25) is 0 Å². The Morgan fingerprint density at radius 3 is 2.25 bits per heavy atom. The highest BCUT2D eigenvalue weighted by atomic mass is 16.5. The van der Waals surface area contributed by atoms with E-state index >= 15 is 0 Å². The molecule has 0 amide bonds. The maximum Gasteiger partial charge on any atom is 0.0620 e. The van der Waals surface area contributed by atoms with Gasteiger partial charge >= 0.3 is 0 Å². The smallest absolute Gasteiger partial charge is 0.0620 e. The molecule has 1 aliphatic heterocycles. The van der Waals surface area contributed by atoms with E-state index in [-0.39, 0.29) is 0 Å². The summed E-state index contributed by atoms with van der Waals surface area (Å²) in [6, 6.07) is 1.49. The summed E-state index contributed by atoms with van der Waals surface area (Å²) in [6.45, 7) is 1.93. The Labute approximate surface area is 99.1 Å². The lowest BCUT2D eigenvalue weighted by Gasteiger charge is -2.33. The van der Waals surface area contributed by atoms with Gasteiger partial charge in [-0.3, -0.25) is 0 Å². The fraction of sp³-hybridized carbons (Fsp3) is 1.00. The quantitative estimate of drug-likeness (QED) is 0.791. The zero-order chi connectivity index (χ0) is 10.8. The van der Waals surface area contributed by atoms with E-state index in [9.17, 15) is 0 Å². The van der Waals surface area contributed by atoms with Gasteiger partial charge in [0.1, 0.15) is 0 Å². The highest BCUT2D eigenvalue weighted by Gasteiger charge is 2.38. The molecule has 0 radical (unpaired) electrons. The zero-order valence-corrected chi connectivity index (χ0v) is 10.3. The molecule has 1 heterocycles. The predicted octanol–water partition coefficient (Wildman–Crippen LogP) is 2.72. The van der Waals surface area contributed by atoms with Crippen LogP contribution in [0.5, 0.6) is 0 Å². The molecule has 2 heteroatoms. The summed E-state index contributed by atoms with van der Waals surface area (Å²) in [7, 11) is 0. The second kappa shape index (κ2) is 5.05. The van der Waals surface area contributed by atoms with Crippen LogP contribution in [0.1, 0.15) is 51.4 Å². The van der Waals surface area contributed by atoms with Crippen molar-refractivity contribution in [3.05, 3.63) is 0 Å². The number of nitrogens with one attached hydrogen (secondary N) is 1. The first-order valence-electron chi connectivity index (χ1n) is 7.27. The summed E-state index contributed by atoms with van der Waals surface area (Å²) in [6.07, 6.45) is 11.5. The molecule has 0 spiro atoms.